The fourth-order valence-electron chi connectivity index (χ4n) is 2.70. The Morgan fingerprint density at radius 1 is 1.00 bits per heavy atom. The zero-order chi connectivity index (χ0) is 20.8. The van der Waals surface area contributed by atoms with Crippen molar-refractivity contribution in [2.24, 2.45) is 0 Å². The molecule has 3 aromatic rings. The number of hydrogen-bond acceptors (Lipinski definition) is 6. The zero-order valence-electron chi connectivity index (χ0n) is 16.5. The van der Waals surface area contributed by atoms with Crippen molar-refractivity contribution in [3.8, 4) is 0 Å². The molecule has 0 saturated heterocycles. The Balaban J connectivity index is 1.82. The number of para-hydroxylation sites is 1. The molecule has 1 amide bonds. The first kappa shape index (κ1) is 20.0. The number of carbonyl (C=O) groups excluding carboxylic acids is 2. The standard InChI is InChI=1S/C22H22N4O3/c1-4-29-22(28)17-7-5-6-8-18(17)26-21(27)19-13-20(24-15(3)23-19)25-16-11-9-14(2)10-12-16/h5-13H,4H2,1-3H3,(H,26,27)(H,23,24,25). The second-order valence-corrected chi connectivity index (χ2v) is 6.40. The van der Waals surface area contributed by atoms with E-state index in [-0.39, 0.29) is 17.9 Å². The number of nitrogens with one attached hydrogen (secondary N) is 2. The molecule has 1 heterocycles. The Bertz CT molecular complexity index is 1030. The fourth-order valence-corrected chi connectivity index (χ4v) is 2.70. The van der Waals surface area contributed by atoms with Crippen LogP contribution in [0.25, 0.3) is 0 Å². The Kier molecular flexibility index (Phi) is 6.19. The lowest BCUT2D eigenvalue weighted by atomic mass is 10.1. The number of esters is 1. The van der Waals surface area contributed by atoms with Crippen molar-refractivity contribution in [1.82, 2.24) is 9.97 Å². The third-order valence-corrected chi connectivity index (χ3v) is 4.07. The number of ether oxygens (including phenoxy) is 1. The third-order valence-electron chi connectivity index (χ3n) is 4.07. The normalized spacial score (nSPS) is 10.3. The minimum Gasteiger partial charge on any atom is -0.462 e. The minimum atomic E-state index is -0.496. The summed E-state index contributed by atoms with van der Waals surface area (Å²) in [5, 5.41) is 5.91. The van der Waals surface area contributed by atoms with E-state index in [2.05, 4.69) is 20.6 Å². The van der Waals surface area contributed by atoms with Gasteiger partial charge in [0.15, 0.2) is 0 Å². The molecular weight excluding hydrogens is 368 g/mol. The van der Waals surface area contributed by atoms with Gasteiger partial charge in [-0.25, -0.2) is 14.8 Å². The molecular formula is C22H22N4O3. The smallest absolute Gasteiger partial charge is 0.340 e. The number of anilines is 3. The highest BCUT2D eigenvalue weighted by Crippen LogP contribution is 2.19. The summed E-state index contributed by atoms with van der Waals surface area (Å²) >= 11 is 0. The number of amides is 1. The van der Waals surface area contributed by atoms with Crippen LogP contribution in [0, 0.1) is 13.8 Å². The molecule has 29 heavy (non-hydrogen) atoms. The van der Waals surface area contributed by atoms with Crippen LogP contribution in [0.2, 0.25) is 0 Å². The van der Waals surface area contributed by atoms with Crippen LogP contribution in [-0.2, 0) is 4.74 Å². The molecule has 1 aromatic heterocycles. The molecule has 0 bridgehead atoms. The van der Waals surface area contributed by atoms with Crippen molar-refractivity contribution in [2.75, 3.05) is 17.2 Å². The van der Waals surface area contributed by atoms with Gasteiger partial charge in [-0.05, 0) is 45.0 Å². The van der Waals surface area contributed by atoms with E-state index in [1.165, 1.54) is 0 Å². The van der Waals surface area contributed by atoms with E-state index in [9.17, 15) is 9.59 Å². The van der Waals surface area contributed by atoms with Gasteiger partial charge in [0.25, 0.3) is 5.91 Å². The third kappa shape index (κ3) is 5.16. The van der Waals surface area contributed by atoms with Crippen LogP contribution in [0.5, 0.6) is 0 Å². The van der Waals surface area contributed by atoms with Gasteiger partial charge in [-0.15, -0.1) is 0 Å². The summed E-state index contributed by atoms with van der Waals surface area (Å²) in [6.07, 6.45) is 0. The SMILES string of the molecule is CCOC(=O)c1ccccc1NC(=O)c1cc(Nc2ccc(C)cc2)nc(C)n1. The molecule has 2 N–H and O–H groups in total. The highest BCUT2D eigenvalue weighted by atomic mass is 16.5. The van der Waals surface area contributed by atoms with Gasteiger partial charge in [-0.1, -0.05) is 29.8 Å². The second kappa shape index (κ2) is 8.97. The van der Waals surface area contributed by atoms with E-state index in [0.29, 0.717) is 17.3 Å². The number of benzene rings is 2. The van der Waals surface area contributed by atoms with Crippen molar-refractivity contribution < 1.29 is 14.3 Å². The van der Waals surface area contributed by atoms with E-state index < -0.39 is 11.9 Å². The van der Waals surface area contributed by atoms with Gasteiger partial charge in [0, 0.05) is 11.8 Å². The molecule has 0 aliphatic heterocycles. The van der Waals surface area contributed by atoms with Gasteiger partial charge in [0.2, 0.25) is 0 Å². The van der Waals surface area contributed by atoms with Crippen LogP contribution in [0.3, 0.4) is 0 Å². The van der Waals surface area contributed by atoms with Gasteiger partial charge in [-0.3, -0.25) is 4.79 Å². The van der Waals surface area contributed by atoms with E-state index in [0.717, 1.165) is 11.3 Å². The summed E-state index contributed by atoms with van der Waals surface area (Å²) in [5.74, 6) is 0.0133. The van der Waals surface area contributed by atoms with Crippen LogP contribution < -0.4 is 10.6 Å². The van der Waals surface area contributed by atoms with Crippen molar-refractivity contribution >= 4 is 29.1 Å². The molecule has 0 fully saturated rings. The number of hydrogen-bond donors (Lipinski definition) is 2. The van der Waals surface area contributed by atoms with Gasteiger partial charge in [0.1, 0.15) is 17.3 Å². The molecule has 148 valence electrons. The quantitative estimate of drug-likeness (QED) is 0.611. The molecule has 0 spiro atoms. The average molecular weight is 390 g/mol. The largest absolute Gasteiger partial charge is 0.462 e. The predicted octanol–water partition coefficient (Wildman–Crippen LogP) is 4.27. The molecule has 0 atom stereocenters. The number of nitrogens with zero attached hydrogens (tertiary/aromatic N) is 2. The lowest BCUT2D eigenvalue weighted by Crippen LogP contribution is -2.18. The van der Waals surface area contributed by atoms with Crippen molar-refractivity contribution in [3.05, 3.63) is 77.2 Å². The molecule has 0 aliphatic rings. The fraction of sp³-hybridized carbons (Fsp3) is 0.182. The molecule has 0 saturated carbocycles. The number of carbonyl (C=O) groups is 2. The summed E-state index contributed by atoms with van der Waals surface area (Å²) < 4.78 is 5.04. The van der Waals surface area contributed by atoms with Crippen LogP contribution in [-0.4, -0.2) is 28.5 Å². The second-order valence-electron chi connectivity index (χ2n) is 6.40. The molecule has 0 unspecified atom stereocenters. The van der Waals surface area contributed by atoms with Crippen LogP contribution in [0.1, 0.15) is 39.2 Å². The van der Waals surface area contributed by atoms with Crippen LogP contribution >= 0.6 is 0 Å². The molecule has 7 nitrogen and oxygen atoms in total. The van der Waals surface area contributed by atoms with Crippen molar-refractivity contribution in [1.29, 1.82) is 0 Å². The van der Waals surface area contributed by atoms with Crippen molar-refractivity contribution in [3.63, 3.8) is 0 Å². The molecule has 2 aromatic carbocycles. The summed E-state index contributed by atoms with van der Waals surface area (Å²) in [6, 6.07) is 16.1. The molecule has 0 radical (unpaired) electrons. The van der Waals surface area contributed by atoms with E-state index in [1.807, 2.05) is 31.2 Å². The van der Waals surface area contributed by atoms with E-state index in [4.69, 9.17) is 4.74 Å². The number of aryl methyl sites for hydroxylation is 2. The Morgan fingerprint density at radius 2 is 1.72 bits per heavy atom. The van der Waals surface area contributed by atoms with Crippen LogP contribution in [0.15, 0.2) is 54.6 Å². The Labute approximate surface area is 169 Å². The minimum absolute atomic E-state index is 0.186. The van der Waals surface area contributed by atoms with Crippen LogP contribution in [0.4, 0.5) is 17.2 Å². The highest BCUT2D eigenvalue weighted by Gasteiger charge is 2.16. The Morgan fingerprint density at radius 3 is 2.45 bits per heavy atom. The lowest BCUT2D eigenvalue weighted by molar-refractivity contribution is 0.0527. The summed E-state index contributed by atoms with van der Waals surface area (Å²) in [4.78, 5) is 33.4. The topological polar surface area (TPSA) is 93.2 Å². The summed E-state index contributed by atoms with van der Waals surface area (Å²) in [7, 11) is 0. The number of rotatable bonds is 6. The lowest BCUT2D eigenvalue weighted by Gasteiger charge is -2.11. The summed E-state index contributed by atoms with van der Waals surface area (Å²) in [5.41, 5.74) is 2.83. The van der Waals surface area contributed by atoms with Gasteiger partial charge >= 0.3 is 5.97 Å². The summed E-state index contributed by atoms with van der Waals surface area (Å²) in [6.45, 7) is 5.70. The first-order valence-corrected chi connectivity index (χ1v) is 9.23. The van der Waals surface area contributed by atoms with E-state index in [1.54, 1.807) is 44.2 Å². The van der Waals surface area contributed by atoms with Crippen molar-refractivity contribution in [2.45, 2.75) is 20.8 Å². The maximum atomic E-state index is 12.8. The maximum absolute atomic E-state index is 12.8. The highest BCUT2D eigenvalue weighted by molar-refractivity contribution is 6.07. The molecule has 0 aliphatic carbocycles. The maximum Gasteiger partial charge on any atom is 0.340 e. The van der Waals surface area contributed by atoms with Gasteiger partial charge < -0.3 is 15.4 Å². The number of aromatic nitrogens is 2. The Hall–Kier alpha value is -3.74. The first-order valence-electron chi connectivity index (χ1n) is 9.23. The molecule has 3 rings (SSSR count). The zero-order valence-corrected chi connectivity index (χ0v) is 16.5. The van der Waals surface area contributed by atoms with Gasteiger partial charge in [0.05, 0.1) is 17.9 Å². The predicted molar refractivity (Wildman–Crippen MR) is 112 cm³/mol. The van der Waals surface area contributed by atoms with Gasteiger partial charge in [-0.2, -0.15) is 0 Å². The molecule has 7 heteroatoms. The van der Waals surface area contributed by atoms with E-state index >= 15 is 0 Å². The first-order chi connectivity index (χ1) is 14.0. The monoisotopic (exact) mass is 390 g/mol. The average Bonchev–Trinajstić information content (AvgIpc) is 2.70.